The fourth-order valence-electron chi connectivity index (χ4n) is 2.12. The number of hydrogen-bond acceptors (Lipinski definition) is 2. The van der Waals surface area contributed by atoms with E-state index < -0.39 is 10.8 Å². The quantitative estimate of drug-likeness (QED) is 0.788. The molecule has 2 nitrogen and oxygen atoms in total. The Balaban J connectivity index is 1.96. The van der Waals surface area contributed by atoms with Crippen molar-refractivity contribution in [3.63, 3.8) is 0 Å². The van der Waals surface area contributed by atoms with Crippen LogP contribution in [0.3, 0.4) is 0 Å². The second-order valence-corrected chi connectivity index (χ2v) is 6.51. The van der Waals surface area contributed by atoms with Crippen LogP contribution in [0.4, 0.5) is 0 Å². The highest BCUT2D eigenvalue weighted by atomic mass is 35.5. The van der Waals surface area contributed by atoms with Gasteiger partial charge < -0.3 is 0 Å². The lowest BCUT2D eigenvalue weighted by Crippen LogP contribution is -2.19. The minimum atomic E-state index is -1.01. The Hall–Kier alpha value is -0.670. The number of Topliss-reactive ketones (excluding diaryl/α,β-unsaturated/α-hetero) is 1. The van der Waals surface area contributed by atoms with E-state index in [4.69, 9.17) is 11.6 Å². The first-order chi connectivity index (χ1) is 8.16. The molecule has 1 unspecified atom stereocenters. The molecule has 1 aliphatic rings. The van der Waals surface area contributed by atoms with Gasteiger partial charge in [0.05, 0.1) is 5.75 Å². The normalized spacial score (nSPS) is 18.2. The number of carbonyl (C=O) groups excluding carboxylic acids is 1. The molecule has 4 heteroatoms. The van der Waals surface area contributed by atoms with Crippen LogP contribution < -0.4 is 0 Å². The summed E-state index contributed by atoms with van der Waals surface area (Å²) in [5.74, 6) is 0.0960. The van der Waals surface area contributed by atoms with Crippen LogP contribution in [-0.4, -0.2) is 21.0 Å². The van der Waals surface area contributed by atoms with Gasteiger partial charge in [0.1, 0.15) is 0 Å². The average Bonchev–Trinajstić information content (AvgIpc) is 2.83. The fourth-order valence-corrected chi connectivity index (χ4v) is 3.76. The number of benzene rings is 1. The molecule has 0 amide bonds. The topological polar surface area (TPSA) is 34.1 Å². The van der Waals surface area contributed by atoms with Crippen LogP contribution in [0.15, 0.2) is 24.3 Å². The van der Waals surface area contributed by atoms with Crippen LogP contribution in [0.5, 0.6) is 0 Å². The molecule has 0 heterocycles. The van der Waals surface area contributed by atoms with Crippen LogP contribution in [0.25, 0.3) is 0 Å². The number of rotatable bonds is 4. The molecule has 1 aliphatic carbocycles. The standard InChI is InChI=1S/C13H15ClO2S/c14-11-7-5-10(6-8-11)13(15)9-17(16)12-3-1-2-4-12/h5-8,12H,1-4,9H2. The molecule has 0 bridgehead atoms. The molecule has 0 saturated heterocycles. The van der Waals surface area contributed by atoms with Gasteiger partial charge in [-0.05, 0) is 37.1 Å². The van der Waals surface area contributed by atoms with Crippen molar-refractivity contribution in [2.24, 2.45) is 0 Å². The highest BCUT2D eigenvalue weighted by molar-refractivity contribution is 7.86. The first-order valence-electron chi connectivity index (χ1n) is 5.83. The van der Waals surface area contributed by atoms with Crippen molar-refractivity contribution in [2.45, 2.75) is 30.9 Å². The summed E-state index contributed by atoms with van der Waals surface area (Å²) in [6, 6.07) is 6.76. The minimum absolute atomic E-state index is 0.0492. The molecule has 1 aromatic carbocycles. The number of halogens is 1. The van der Waals surface area contributed by atoms with E-state index in [1.165, 1.54) is 0 Å². The van der Waals surface area contributed by atoms with Crippen molar-refractivity contribution in [1.29, 1.82) is 0 Å². The van der Waals surface area contributed by atoms with Crippen molar-refractivity contribution in [1.82, 2.24) is 0 Å². The SMILES string of the molecule is O=C(CS(=O)C1CCCC1)c1ccc(Cl)cc1. The molecule has 1 atom stereocenters. The second kappa shape index (κ2) is 5.78. The van der Waals surface area contributed by atoms with Gasteiger partial charge in [-0.25, -0.2) is 0 Å². The van der Waals surface area contributed by atoms with E-state index in [2.05, 4.69) is 0 Å². The summed E-state index contributed by atoms with van der Waals surface area (Å²) in [6.07, 6.45) is 4.29. The lowest BCUT2D eigenvalue weighted by Gasteiger charge is -2.08. The van der Waals surface area contributed by atoms with Crippen LogP contribution >= 0.6 is 11.6 Å². The van der Waals surface area contributed by atoms with Gasteiger partial charge in [0.25, 0.3) is 0 Å². The third-order valence-corrected chi connectivity index (χ3v) is 5.13. The summed E-state index contributed by atoms with van der Waals surface area (Å²) < 4.78 is 12.0. The van der Waals surface area contributed by atoms with Crippen molar-refractivity contribution >= 4 is 28.2 Å². The Kier molecular flexibility index (Phi) is 4.35. The largest absolute Gasteiger partial charge is 0.293 e. The Labute approximate surface area is 109 Å². The van der Waals surface area contributed by atoms with E-state index in [-0.39, 0.29) is 16.8 Å². The van der Waals surface area contributed by atoms with Gasteiger partial charge in [0.15, 0.2) is 5.78 Å². The zero-order valence-electron chi connectivity index (χ0n) is 9.52. The van der Waals surface area contributed by atoms with Gasteiger partial charge in [-0.2, -0.15) is 0 Å². The van der Waals surface area contributed by atoms with E-state index in [0.29, 0.717) is 10.6 Å². The first kappa shape index (κ1) is 12.8. The maximum atomic E-state index is 12.0. The third-order valence-electron chi connectivity index (χ3n) is 3.11. The maximum Gasteiger partial charge on any atom is 0.175 e. The number of hydrogen-bond donors (Lipinski definition) is 0. The van der Waals surface area contributed by atoms with Crippen LogP contribution in [0.1, 0.15) is 36.0 Å². The van der Waals surface area contributed by atoms with Crippen molar-refractivity contribution in [2.75, 3.05) is 5.75 Å². The summed E-state index contributed by atoms with van der Waals surface area (Å²) in [5, 5.41) is 0.838. The third kappa shape index (κ3) is 3.39. The zero-order chi connectivity index (χ0) is 12.3. The fraction of sp³-hybridized carbons (Fsp3) is 0.462. The smallest absolute Gasteiger partial charge is 0.175 e. The van der Waals surface area contributed by atoms with Gasteiger partial charge >= 0.3 is 0 Å². The van der Waals surface area contributed by atoms with Crippen molar-refractivity contribution < 1.29 is 9.00 Å². The molecule has 92 valence electrons. The van der Waals surface area contributed by atoms with Crippen LogP contribution in [0.2, 0.25) is 5.02 Å². The molecule has 0 aromatic heterocycles. The molecule has 1 fully saturated rings. The molecule has 0 N–H and O–H groups in total. The first-order valence-corrected chi connectivity index (χ1v) is 7.59. The van der Waals surface area contributed by atoms with E-state index in [0.717, 1.165) is 25.7 Å². The molecule has 0 radical (unpaired) electrons. The summed E-state index contributed by atoms with van der Waals surface area (Å²) in [4.78, 5) is 11.9. The average molecular weight is 271 g/mol. The van der Waals surface area contributed by atoms with Gasteiger partial charge in [-0.1, -0.05) is 24.4 Å². The van der Waals surface area contributed by atoms with Crippen molar-refractivity contribution in [3.05, 3.63) is 34.9 Å². The number of ketones is 1. The molecule has 2 rings (SSSR count). The van der Waals surface area contributed by atoms with Gasteiger partial charge in [-0.15, -0.1) is 0 Å². The maximum absolute atomic E-state index is 12.0. The van der Waals surface area contributed by atoms with Crippen LogP contribution in [-0.2, 0) is 10.8 Å². The highest BCUT2D eigenvalue weighted by Crippen LogP contribution is 2.23. The Morgan fingerprint density at radius 1 is 1.24 bits per heavy atom. The monoisotopic (exact) mass is 270 g/mol. The van der Waals surface area contributed by atoms with Gasteiger partial charge in [0, 0.05) is 26.6 Å². The Morgan fingerprint density at radius 3 is 2.41 bits per heavy atom. The molecule has 1 aromatic rings. The minimum Gasteiger partial charge on any atom is -0.293 e. The predicted molar refractivity (Wildman–Crippen MR) is 71.0 cm³/mol. The van der Waals surface area contributed by atoms with Crippen molar-refractivity contribution in [3.8, 4) is 0 Å². The zero-order valence-corrected chi connectivity index (χ0v) is 11.1. The van der Waals surface area contributed by atoms with E-state index in [1.54, 1.807) is 24.3 Å². The van der Waals surface area contributed by atoms with E-state index >= 15 is 0 Å². The molecular formula is C13H15ClO2S. The predicted octanol–water partition coefficient (Wildman–Crippen LogP) is 3.21. The summed E-state index contributed by atoms with van der Waals surface area (Å²) in [5.41, 5.74) is 0.598. The summed E-state index contributed by atoms with van der Waals surface area (Å²) in [7, 11) is -1.01. The highest BCUT2D eigenvalue weighted by Gasteiger charge is 2.23. The molecule has 1 saturated carbocycles. The van der Waals surface area contributed by atoms with E-state index in [9.17, 15) is 9.00 Å². The lowest BCUT2D eigenvalue weighted by atomic mass is 10.1. The van der Waals surface area contributed by atoms with Gasteiger partial charge in [0.2, 0.25) is 0 Å². The van der Waals surface area contributed by atoms with Gasteiger partial charge in [-0.3, -0.25) is 9.00 Å². The molecule has 0 aliphatic heterocycles. The summed E-state index contributed by atoms with van der Waals surface area (Å²) >= 11 is 5.75. The van der Waals surface area contributed by atoms with Crippen LogP contribution in [0, 0.1) is 0 Å². The molecule has 0 spiro atoms. The second-order valence-electron chi connectivity index (χ2n) is 4.36. The Morgan fingerprint density at radius 2 is 1.82 bits per heavy atom. The van der Waals surface area contributed by atoms with E-state index in [1.807, 2.05) is 0 Å². The summed E-state index contributed by atoms with van der Waals surface area (Å²) in [6.45, 7) is 0. The lowest BCUT2D eigenvalue weighted by molar-refractivity contribution is 0.102. The number of carbonyl (C=O) groups is 1. The molecular weight excluding hydrogens is 256 g/mol. The molecule has 17 heavy (non-hydrogen) atoms. The Bertz CT molecular complexity index is 422.